The van der Waals surface area contributed by atoms with Crippen LogP contribution in [-0.4, -0.2) is 26.7 Å². The molecule has 0 radical (unpaired) electrons. The van der Waals surface area contributed by atoms with Crippen molar-refractivity contribution in [1.29, 1.82) is 0 Å². The van der Waals surface area contributed by atoms with E-state index in [0.29, 0.717) is 24.4 Å². The van der Waals surface area contributed by atoms with Gasteiger partial charge in [0, 0.05) is 24.2 Å². The van der Waals surface area contributed by atoms with Crippen LogP contribution in [0.2, 0.25) is 0 Å². The molecule has 6 nitrogen and oxygen atoms in total. The van der Waals surface area contributed by atoms with E-state index in [0.717, 1.165) is 31.4 Å². The van der Waals surface area contributed by atoms with Gasteiger partial charge in [-0.15, -0.1) is 0 Å². The summed E-state index contributed by atoms with van der Waals surface area (Å²) >= 11 is 0. The Balaban J connectivity index is 1.41. The zero-order valence-corrected chi connectivity index (χ0v) is 16.8. The number of anilines is 1. The number of unbranched alkanes of at least 4 members (excludes halogenated alkanes) is 2. The first-order valence-electron chi connectivity index (χ1n) is 9.55. The zero-order chi connectivity index (χ0) is 20.0. The van der Waals surface area contributed by atoms with Gasteiger partial charge < -0.3 is 5.32 Å². The second kappa shape index (κ2) is 9.01. The lowest BCUT2D eigenvalue weighted by atomic mass is 10.1. The number of carbonyl (C=O) groups is 1. The Morgan fingerprint density at radius 3 is 2.71 bits per heavy atom. The number of fused-ring (bicyclic) bond motifs is 1. The van der Waals surface area contributed by atoms with Crippen LogP contribution in [0.5, 0.6) is 0 Å². The highest BCUT2D eigenvalue weighted by Crippen LogP contribution is 2.22. The lowest BCUT2D eigenvalue weighted by Gasteiger charge is -2.06. The van der Waals surface area contributed by atoms with Gasteiger partial charge in [0.1, 0.15) is 5.84 Å². The molecule has 0 saturated heterocycles. The van der Waals surface area contributed by atoms with Crippen molar-refractivity contribution >= 4 is 27.5 Å². The average Bonchev–Trinajstić information content (AvgIpc) is 2.95. The Kier molecular flexibility index (Phi) is 6.46. The predicted molar refractivity (Wildman–Crippen MR) is 111 cm³/mol. The minimum atomic E-state index is -3.48. The number of benzene rings is 2. The van der Waals surface area contributed by atoms with Gasteiger partial charge in [-0.25, -0.2) is 8.42 Å². The molecule has 0 atom stereocenters. The Morgan fingerprint density at radius 1 is 1.07 bits per heavy atom. The number of nitrogens with zero attached hydrogens (tertiary/aromatic N) is 1. The molecule has 148 valence electrons. The van der Waals surface area contributed by atoms with E-state index in [4.69, 9.17) is 0 Å². The number of aliphatic imine (C=N–C) groups is 1. The molecule has 0 saturated carbocycles. The summed E-state index contributed by atoms with van der Waals surface area (Å²) in [5.74, 6) is 0.418. The summed E-state index contributed by atoms with van der Waals surface area (Å²) in [6, 6.07) is 14.7. The van der Waals surface area contributed by atoms with Gasteiger partial charge in [-0.2, -0.15) is 0 Å². The third-order valence-electron chi connectivity index (χ3n) is 4.61. The van der Waals surface area contributed by atoms with E-state index in [-0.39, 0.29) is 10.8 Å². The van der Waals surface area contributed by atoms with E-state index in [1.165, 1.54) is 5.56 Å². The molecule has 0 aliphatic carbocycles. The Hall–Kier alpha value is -2.67. The van der Waals surface area contributed by atoms with Crippen LogP contribution in [-0.2, 0) is 21.2 Å². The zero-order valence-electron chi connectivity index (χ0n) is 15.9. The van der Waals surface area contributed by atoms with Crippen LogP contribution < -0.4 is 10.0 Å². The average molecular weight is 400 g/mol. The highest BCUT2D eigenvalue weighted by atomic mass is 32.2. The van der Waals surface area contributed by atoms with Crippen LogP contribution in [0.1, 0.15) is 43.7 Å². The summed E-state index contributed by atoms with van der Waals surface area (Å²) in [4.78, 5) is 16.7. The summed E-state index contributed by atoms with van der Waals surface area (Å²) in [7, 11) is -3.48. The molecule has 28 heavy (non-hydrogen) atoms. The fourth-order valence-corrected chi connectivity index (χ4v) is 4.36. The fraction of sp³-hybridized carbons (Fsp3) is 0.333. The number of hydrogen-bond acceptors (Lipinski definition) is 4. The Labute approximate surface area is 166 Å². The molecule has 1 heterocycles. The third-order valence-corrected chi connectivity index (χ3v) is 6.01. The summed E-state index contributed by atoms with van der Waals surface area (Å²) in [5.41, 5.74) is 2.65. The van der Waals surface area contributed by atoms with E-state index in [9.17, 15) is 13.2 Å². The van der Waals surface area contributed by atoms with Gasteiger partial charge in [0.15, 0.2) is 0 Å². The topological polar surface area (TPSA) is 87.6 Å². The van der Waals surface area contributed by atoms with Gasteiger partial charge >= 0.3 is 0 Å². The van der Waals surface area contributed by atoms with E-state index in [1.807, 2.05) is 24.3 Å². The van der Waals surface area contributed by atoms with Crippen molar-refractivity contribution in [3.63, 3.8) is 0 Å². The van der Waals surface area contributed by atoms with Crippen molar-refractivity contribution < 1.29 is 13.2 Å². The number of aryl methyl sites for hydroxylation is 1. The van der Waals surface area contributed by atoms with Crippen LogP contribution >= 0.6 is 0 Å². The van der Waals surface area contributed by atoms with Gasteiger partial charge in [-0.1, -0.05) is 37.6 Å². The fourth-order valence-electron chi connectivity index (χ4n) is 3.11. The molecule has 2 aromatic carbocycles. The molecular weight excluding hydrogens is 374 g/mol. The predicted octanol–water partition coefficient (Wildman–Crippen LogP) is 3.49. The van der Waals surface area contributed by atoms with E-state index >= 15 is 0 Å². The van der Waals surface area contributed by atoms with Gasteiger partial charge in [0.2, 0.25) is 5.91 Å². The first-order chi connectivity index (χ1) is 13.5. The van der Waals surface area contributed by atoms with Crippen LogP contribution in [0.15, 0.2) is 58.4 Å². The van der Waals surface area contributed by atoms with Crippen LogP contribution in [0.4, 0.5) is 5.69 Å². The third kappa shape index (κ3) is 4.98. The largest absolute Gasteiger partial charge is 0.326 e. The van der Waals surface area contributed by atoms with Crippen LogP contribution in [0, 0.1) is 0 Å². The van der Waals surface area contributed by atoms with Crippen LogP contribution in [0.3, 0.4) is 0 Å². The highest BCUT2D eigenvalue weighted by molar-refractivity contribution is 7.90. The van der Waals surface area contributed by atoms with Gasteiger partial charge in [-0.3, -0.25) is 14.5 Å². The van der Waals surface area contributed by atoms with Crippen molar-refractivity contribution in [2.24, 2.45) is 4.99 Å². The Bertz CT molecular complexity index is 984. The van der Waals surface area contributed by atoms with Crippen molar-refractivity contribution in [1.82, 2.24) is 4.72 Å². The molecule has 1 aliphatic rings. The maximum Gasteiger partial charge on any atom is 0.263 e. The number of amides is 1. The van der Waals surface area contributed by atoms with Gasteiger partial charge in [0.05, 0.1) is 4.90 Å². The number of rotatable bonds is 8. The molecule has 0 unspecified atom stereocenters. The number of nitrogens with one attached hydrogen (secondary N) is 2. The Morgan fingerprint density at radius 2 is 1.89 bits per heavy atom. The summed E-state index contributed by atoms with van der Waals surface area (Å²) in [6.45, 7) is 2.60. The SMILES string of the molecule is CCc1cccc(NC(=O)CCCCCN=C2NS(=O)(=O)c3ccccc32)c1. The maximum absolute atomic E-state index is 12.0. The quantitative estimate of drug-likeness (QED) is 0.666. The van der Waals surface area contributed by atoms with Crippen molar-refractivity contribution in [2.45, 2.75) is 43.9 Å². The molecule has 1 amide bonds. The maximum atomic E-state index is 12.0. The van der Waals surface area contributed by atoms with Crippen molar-refractivity contribution in [2.75, 3.05) is 11.9 Å². The smallest absolute Gasteiger partial charge is 0.263 e. The van der Waals surface area contributed by atoms with Crippen molar-refractivity contribution in [3.8, 4) is 0 Å². The first-order valence-corrected chi connectivity index (χ1v) is 11.0. The molecule has 0 fully saturated rings. The van der Waals surface area contributed by atoms with E-state index in [1.54, 1.807) is 24.3 Å². The molecule has 7 heteroatoms. The highest BCUT2D eigenvalue weighted by Gasteiger charge is 2.29. The molecule has 3 rings (SSSR count). The van der Waals surface area contributed by atoms with Crippen molar-refractivity contribution in [3.05, 3.63) is 59.7 Å². The number of hydrogen-bond donors (Lipinski definition) is 2. The van der Waals surface area contributed by atoms with E-state index < -0.39 is 10.0 Å². The van der Waals surface area contributed by atoms with Gasteiger partial charge in [0.25, 0.3) is 10.0 Å². The molecule has 1 aliphatic heterocycles. The molecule has 2 aromatic rings. The monoisotopic (exact) mass is 399 g/mol. The molecular formula is C21H25N3O3S. The normalized spacial score (nSPS) is 15.8. The standard InChI is InChI=1S/C21H25N3O3S/c1-2-16-9-8-10-17(15-16)23-20(25)13-4-3-7-14-22-21-18-11-5-6-12-19(18)28(26,27)24-21/h5-6,8-12,15H,2-4,7,13-14H2,1H3,(H,22,24)(H,23,25). The van der Waals surface area contributed by atoms with Crippen LogP contribution in [0.25, 0.3) is 0 Å². The minimum absolute atomic E-state index is 0.0112. The lowest BCUT2D eigenvalue weighted by molar-refractivity contribution is -0.116. The molecule has 0 aromatic heterocycles. The minimum Gasteiger partial charge on any atom is -0.326 e. The number of carbonyl (C=O) groups excluding carboxylic acids is 1. The first kappa shape index (κ1) is 20.1. The second-order valence-electron chi connectivity index (χ2n) is 6.74. The lowest BCUT2D eigenvalue weighted by Crippen LogP contribution is -2.22. The summed E-state index contributed by atoms with van der Waals surface area (Å²) in [5, 5.41) is 2.93. The number of amidine groups is 1. The van der Waals surface area contributed by atoms with Gasteiger partial charge in [-0.05, 0) is 49.1 Å². The second-order valence-corrected chi connectivity index (χ2v) is 8.40. The summed E-state index contributed by atoms with van der Waals surface area (Å²) < 4.78 is 26.6. The molecule has 0 bridgehead atoms. The molecule has 2 N–H and O–H groups in total. The number of sulfonamides is 1. The summed E-state index contributed by atoms with van der Waals surface area (Å²) in [6.07, 6.45) is 3.82. The molecule has 0 spiro atoms. The van der Waals surface area contributed by atoms with E-state index in [2.05, 4.69) is 22.0 Å².